The quantitative estimate of drug-likeness (QED) is 0.667. The number of nitrogens with two attached hydrogens (primary N) is 1. The van der Waals surface area contributed by atoms with Gasteiger partial charge in [0.05, 0.1) is 0 Å². The summed E-state index contributed by atoms with van der Waals surface area (Å²) in [6.07, 6.45) is 26.8. The van der Waals surface area contributed by atoms with E-state index in [9.17, 15) is 0 Å². The van der Waals surface area contributed by atoms with Crippen LogP contribution >= 0.6 is 0 Å². The van der Waals surface area contributed by atoms with Crippen LogP contribution in [0.15, 0.2) is 85.2 Å². The normalized spacial score (nSPS) is 14.3. The highest BCUT2D eigenvalue weighted by atomic mass is 14.5. The van der Waals surface area contributed by atoms with E-state index in [4.69, 9.17) is 5.73 Å². The molecule has 0 heterocycles. The van der Waals surface area contributed by atoms with E-state index in [1.165, 1.54) is 6.20 Å². The average Bonchev–Trinajstić information content (AvgIpc) is 2.31. The summed E-state index contributed by atoms with van der Waals surface area (Å²) in [5.41, 5.74) is 5.17. The van der Waals surface area contributed by atoms with Crippen LogP contribution < -0.4 is 5.73 Å². The maximum absolute atomic E-state index is 5.17. The maximum Gasteiger partial charge on any atom is -0.00624 e. The fourth-order valence-electron chi connectivity index (χ4n) is 0.817. The van der Waals surface area contributed by atoms with Crippen LogP contribution in [0.3, 0.4) is 0 Å². The van der Waals surface area contributed by atoms with Crippen LogP contribution in [0.25, 0.3) is 0 Å². The molecule has 0 aromatic rings. The molecule has 1 nitrogen and oxygen atoms in total. The van der Waals surface area contributed by atoms with Crippen LogP contribution in [-0.4, -0.2) is 0 Å². The van der Waals surface area contributed by atoms with Gasteiger partial charge in [0.2, 0.25) is 0 Å². The Bertz CT molecular complexity index is 302. The molecular weight excluding hydrogens is 194 g/mol. The highest BCUT2D eigenvalue weighted by Crippen LogP contribution is 1.84. The molecular formula is C15H19N. The first-order valence-electron chi connectivity index (χ1n) is 5.24. The van der Waals surface area contributed by atoms with Gasteiger partial charge in [-0.15, -0.1) is 0 Å². The smallest absolute Gasteiger partial charge is 0.00624 e. The molecule has 0 aromatic heterocycles. The molecule has 84 valence electrons. The van der Waals surface area contributed by atoms with E-state index in [-0.39, 0.29) is 0 Å². The Balaban J connectivity index is 3.76. The van der Waals surface area contributed by atoms with E-state index in [0.717, 1.165) is 0 Å². The van der Waals surface area contributed by atoms with Crippen molar-refractivity contribution in [1.82, 2.24) is 0 Å². The molecule has 0 saturated carbocycles. The van der Waals surface area contributed by atoms with Gasteiger partial charge in [0.15, 0.2) is 0 Å². The van der Waals surface area contributed by atoms with Crippen molar-refractivity contribution in [1.29, 1.82) is 0 Å². The summed E-state index contributed by atoms with van der Waals surface area (Å²) in [6, 6.07) is 0. The molecule has 0 aromatic carbocycles. The molecule has 0 saturated heterocycles. The van der Waals surface area contributed by atoms with Gasteiger partial charge in [-0.25, -0.2) is 0 Å². The molecule has 0 atom stereocenters. The topological polar surface area (TPSA) is 26.0 Å². The third-order valence-corrected chi connectivity index (χ3v) is 1.53. The largest absolute Gasteiger partial charge is 0.405 e. The lowest BCUT2D eigenvalue weighted by atomic mass is 10.3. The molecule has 16 heavy (non-hydrogen) atoms. The van der Waals surface area contributed by atoms with Crippen molar-refractivity contribution in [2.24, 2.45) is 5.73 Å². The summed E-state index contributed by atoms with van der Waals surface area (Å²) in [5.74, 6) is 0. The molecule has 0 radical (unpaired) electrons. The Labute approximate surface area is 98.4 Å². The third kappa shape index (κ3) is 12.0. The fraction of sp³-hybridized carbons (Fsp3) is 0.0667. The Morgan fingerprint density at radius 1 is 0.500 bits per heavy atom. The third-order valence-electron chi connectivity index (χ3n) is 1.53. The molecule has 2 N–H and O–H groups in total. The van der Waals surface area contributed by atoms with Gasteiger partial charge in [-0.1, -0.05) is 72.9 Å². The zero-order valence-corrected chi connectivity index (χ0v) is 9.66. The van der Waals surface area contributed by atoms with E-state index in [2.05, 4.69) is 0 Å². The highest BCUT2D eigenvalue weighted by molar-refractivity contribution is 5.20. The van der Waals surface area contributed by atoms with Gasteiger partial charge in [-0.3, -0.25) is 0 Å². The monoisotopic (exact) mass is 213 g/mol. The van der Waals surface area contributed by atoms with E-state index < -0.39 is 0 Å². The van der Waals surface area contributed by atoms with Crippen molar-refractivity contribution in [2.45, 2.75) is 6.92 Å². The number of allylic oxidation sites excluding steroid dienone is 13. The summed E-state index contributed by atoms with van der Waals surface area (Å²) in [5, 5.41) is 0. The van der Waals surface area contributed by atoms with Crippen molar-refractivity contribution < 1.29 is 0 Å². The summed E-state index contributed by atoms with van der Waals surface area (Å²) in [6.45, 7) is 1.99. The first-order valence-corrected chi connectivity index (χ1v) is 5.24. The van der Waals surface area contributed by atoms with Crippen molar-refractivity contribution in [3.05, 3.63) is 85.2 Å². The van der Waals surface area contributed by atoms with Crippen LogP contribution in [0.1, 0.15) is 6.92 Å². The predicted molar refractivity (Wildman–Crippen MR) is 73.8 cm³/mol. The molecule has 0 aliphatic rings. The van der Waals surface area contributed by atoms with E-state index in [1.807, 2.05) is 79.8 Å². The molecule has 0 bridgehead atoms. The summed E-state index contributed by atoms with van der Waals surface area (Å²) < 4.78 is 0. The first kappa shape index (κ1) is 14.0. The molecule has 0 unspecified atom stereocenters. The van der Waals surface area contributed by atoms with Crippen LogP contribution in [0.2, 0.25) is 0 Å². The Hall–Kier alpha value is -2.02. The number of rotatable bonds is 6. The lowest BCUT2D eigenvalue weighted by Gasteiger charge is -1.74. The van der Waals surface area contributed by atoms with E-state index in [1.54, 1.807) is 6.08 Å². The van der Waals surface area contributed by atoms with E-state index in [0.29, 0.717) is 0 Å². The van der Waals surface area contributed by atoms with Crippen molar-refractivity contribution in [3.8, 4) is 0 Å². The molecule has 0 amide bonds. The van der Waals surface area contributed by atoms with Crippen molar-refractivity contribution in [2.75, 3.05) is 0 Å². The van der Waals surface area contributed by atoms with Crippen LogP contribution in [0.5, 0.6) is 0 Å². The Morgan fingerprint density at radius 2 is 0.812 bits per heavy atom. The Morgan fingerprint density at radius 3 is 1.12 bits per heavy atom. The van der Waals surface area contributed by atoms with Crippen molar-refractivity contribution >= 4 is 0 Å². The van der Waals surface area contributed by atoms with E-state index >= 15 is 0 Å². The van der Waals surface area contributed by atoms with Crippen molar-refractivity contribution in [3.63, 3.8) is 0 Å². The molecule has 0 aliphatic heterocycles. The first-order chi connectivity index (χ1) is 7.91. The second-order valence-corrected chi connectivity index (χ2v) is 2.84. The average molecular weight is 213 g/mol. The summed E-state index contributed by atoms with van der Waals surface area (Å²) in [7, 11) is 0. The van der Waals surface area contributed by atoms with Gasteiger partial charge in [-0.05, 0) is 19.2 Å². The zero-order valence-electron chi connectivity index (χ0n) is 9.66. The summed E-state index contributed by atoms with van der Waals surface area (Å²) >= 11 is 0. The van der Waals surface area contributed by atoms with Crippen LogP contribution in [-0.2, 0) is 0 Å². The molecule has 0 rings (SSSR count). The van der Waals surface area contributed by atoms with Gasteiger partial charge in [0.1, 0.15) is 0 Å². The fourth-order valence-corrected chi connectivity index (χ4v) is 0.817. The SMILES string of the molecule is C/C=C/C=C\C=C/C=C/C=C/C=C\C=C/N. The van der Waals surface area contributed by atoms with Gasteiger partial charge >= 0.3 is 0 Å². The standard InChI is InChI=1S/C15H19N/c1-2-3-4-5-6-7-8-9-10-11-12-13-14-15-16/h2-15H,16H2,1H3/b3-2+,5-4-,7-6-,9-8+,11-10+,13-12-,15-14-. The lowest BCUT2D eigenvalue weighted by Crippen LogP contribution is -1.71. The lowest BCUT2D eigenvalue weighted by molar-refractivity contribution is 1.60. The molecule has 0 aliphatic carbocycles. The van der Waals surface area contributed by atoms with Gasteiger partial charge in [0.25, 0.3) is 0 Å². The number of hydrogen-bond donors (Lipinski definition) is 1. The number of hydrogen-bond acceptors (Lipinski definition) is 1. The molecule has 0 fully saturated rings. The van der Waals surface area contributed by atoms with Crippen LogP contribution in [0.4, 0.5) is 0 Å². The minimum absolute atomic E-state index is 1.50. The molecule has 0 spiro atoms. The van der Waals surface area contributed by atoms with Gasteiger partial charge in [0, 0.05) is 0 Å². The minimum atomic E-state index is 1.50. The second-order valence-electron chi connectivity index (χ2n) is 2.84. The molecule has 1 heteroatoms. The maximum atomic E-state index is 5.17. The Kier molecular flexibility index (Phi) is 11.3. The highest BCUT2D eigenvalue weighted by Gasteiger charge is 1.63. The van der Waals surface area contributed by atoms with Gasteiger partial charge in [-0.2, -0.15) is 0 Å². The van der Waals surface area contributed by atoms with Crippen LogP contribution in [0, 0.1) is 0 Å². The zero-order chi connectivity index (χ0) is 11.9. The minimum Gasteiger partial charge on any atom is -0.405 e. The second kappa shape index (κ2) is 13.0. The van der Waals surface area contributed by atoms with Gasteiger partial charge < -0.3 is 5.73 Å². The predicted octanol–water partition coefficient (Wildman–Crippen LogP) is 3.82. The summed E-state index contributed by atoms with van der Waals surface area (Å²) in [4.78, 5) is 0.